The van der Waals surface area contributed by atoms with E-state index in [2.05, 4.69) is 10.4 Å². The van der Waals surface area contributed by atoms with E-state index in [9.17, 15) is 42.7 Å². The van der Waals surface area contributed by atoms with Gasteiger partial charge in [-0.05, 0) is 93.1 Å². The summed E-state index contributed by atoms with van der Waals surface area (Å²) in [5.41, 5.74) is -3.58. The Balaban J connectivity index is 0.950. The molecule has 1 saturated carbocycles. The molecule has 1 unspecified atom stereocenters. The molecule has 0 radical (unpaired) electrons. The summed E-state index contributed by atoms with van der Waals surface area (Å²) < 4.78 is 70.1. The van der Waals surface area contributed by atoms with Crippen LogP contribution in [0.3, 0.4) is 0 Å². The van der Waals surface area contributed by atoms with Crippen LogP contribution < -0.4 is 20.3 Å². The summed E-state index contributed by atoms with van der Waals surface area (Å²) >= 11 is 0. The van der Waals surface area contributed by atoms with Crippen molar-refractivity contribution in [1.82, 2.24) is 19.6 Å². The zero-order chi connectivity index (χ0) is 47.9. The van der Waals surface area contributed by atoms with Gasteiger partial charge >= 0.3 is 6.18 Å². The quantitative estimate of drug-likeness (QED) is 0.0726. The number of piperazine rings is 1. The summed E-state index contributed by atoms with van der Waals surface area (Å²) in [7, 11) is 0. The molecule has 348 valence electrons. The number of rotatable bonds is 17. The molecule has 2 aliphatic rings. The molecule has 1 atom stereocenters. The van der Waals surface area contributed by atoms with E-state index >= 15 is 4.39 Å². The van der Waals surface area contributed by atoms with Crippen LogP contribution in [0.25, 0.3) is 10.8 Å². The molecule has 5 aromatic rings. The van der Waals surface area contributed by atoms with Crippen molar-refractivity contribution in [2.45, 2.75) is 70.2 Å². The number of ether oxygens (including phenoxy) is 2. The van der Waals surface area contributed by atoms with Crippen LogP contribution in [0.2, 0.25) is 0 Å². The third-order valence-electron chi connectivity index (χ3n) is 11.7. The van der Waals surface area contributed by atoms with E-state index in [0.717, 1.165) is 25.8 Å². The van der Waals surface area contributed by atoms with Crippen molar-refractivity contribution < 1.29 is 46.5 Å². The number of carbonyl (C=O) groups is 3. The van der Waals surface area contributed by atoms with Gasteiger partial charge in [-0.1, -0.05) is 30.7 Å². The number of hydrogen-bond acceptors (Lipinski definition) is 10. The first-order valence-corrected chi connectivity index (χ1v) is 21.9. The maximum Gasteiger partial charge on any atom is 0.417 e. The number of nitriles is 2. The molecule has 67 heavy (non-hydrogen) atoms. The standard InChI is InChI=1S/C49H47F4N7O7/c1-48(65,30-67-35-15-10-31(28-54)11-16-35)47(64)56-34-26-40(49(51,52)53)39(29-55)43(27-34)66-23-7-3-2-6-18-60-46(63)37-9-5-4-8-36(37)42(57-60)25-32-12-17-41(50)38(24-32)45(62)59-21-19-58(20-22-59)44(61)33-13-14-33/h4-5,8-12,15-17,24,26-27,33,65H,2-3,6-7,13-14,18-23,25,30H2,1H3,(H,56,64). The van der Waals surface area contributed by atoms with E-state index in [4.69, 9.17) is 14.7 Å². The minimum atomic E-state index is -4.99. The van der Waals surface area contributed by atoms with Gasteiger partial charge < -0.3 is 29.7 Å². The average molecular weight is 922 g/mol. The summed E-state index contributed by atoms with van der Waals surface area (Å²) in [6, 6.07) is 22.3. The largest absolute Gasteiger partial charge is 0.492 e. The monoisotopic (exact) mass is 921 g/mol. The van der Waals surface area contributed by atoms with E-state index in [1.54, 1.807) is 46.2 Å². The van der Waals surface area contributed by atoms with Crippen LogP contribution in [-0.2, 0) is 28.7 Å². The van der Waals surface area contributed by atoms with E-state index in [1.165, 1.54) is 41.1 Å². The SMILES string of the molecule is CC(O)(COc1ccc(C#N)cc1)C(=O)Nc1cc(OCCCCCCn2nc(Cc3ccc(F)c(C(=O)N4CCN(C(=O)C5CC5)CC4)c3)c3ccccc3c2=O)c(C#N)c(C(F)(F)F)c1. The van der Waals surface area contributed by atoms with Crippen molar-refractivity contribution in [1.29, 1.82) is 10.5 Å². The molecule has 18 heteroatoms. The molecule has 4 aromatic carbocycles. The Morgan fingerprint density at radius 1 is 0.866 bits per heavy atom. The lowest BCUT2D eigenvalue weighted by molar-refractivity contribution is -0.138. The van der Waals surface area contributed by atoms with Gasteiger partial charge in [0, 0.05) is 62.2 Å². The fourth-order valence-electron chi connectivity index (χ4n) is 7.74. The molecule has 1 aliphatic carbocycles. The van der Waals surface area contributed by atoms with Gasteiger partial charge in [-0.25, -0.2) is 9.07 Å². The Morgan fingerprint density at radius 2 is 1.55 bits per heavy atom. The summed E-state index contributed by atoms with van der Waals surface area (Å²) in [5.74, 6) is -2.20. The van der Waals surface area contributed by atoms with Crippen molar-refractivity contribution in [3.63, 3.8) is 0 Å². The normalized spacial score (nSPS) is 14.7. The van der Waals surface area contributed by atoms with Crippen LogP contribution in [0.4, 0.5) is 23.2 Å². The molecular weight excluding hydrogens is 875 g/mol. The molecule has 7 rings (SSSR count). The lowest BCUT2D eigenvalue weighted by Crippen LogP contribution is -2.51. The van der Waals surface area contributed by atoms with Gasteiger partial charge in [0.1, 0.15) is 35.6 Å². The van der Waals surface area contributed by atoms with E-state index in [-0.39, 0.29) is 54.0 Å². The van der Waals surface area contributed by atoms with Gasteiger partial charge in [0.15, 0.2) is 5.60 Å². The fourth-order valence-corrected chi connectivity index (χ4v) is 7.74. The third-order valence-corrected chi connectivity index (χ3v) is 11.7. The Labute approximate surface area is 382 Å². The highest BCUT2D eigenvalue weighted by Gasteiger charge is 2.38. The van der Waals surface area contributed by atoms with Crippen molar-refractivity contribution in [3.05, 3.63) is 129 Å². The third kappa shape index (κ3) is 11.6. The van der Waals surface area contributed by atoms with Gasteiger partial charge in [0.25, 0.3) is 17.4 Å². The maximum atomic E-state index is 15.1. The number of halogens is 4. The molecule has 1 aliphatic heterocycles. The van der Waals surface area contributed by atoms with Gasteiger partial charge in [-0.3, -0.25) is 19.2 Å². The second-order valence-corrected chi connectivity index (χ2v) is 16.8. The zero-order valence-corrected chi connectivity index (χ0v) is 36.6. The first kappa shape index (κ1) is 47.6. The number of nitrogens with zero attached hydrogens (tertiary/aromatic N) is 6. The van der Waals surface area contributed by atoms with Crippen molar-refractivity contribution in [2.24, 2.45) is 5.92 Å². The van der Waals surface area contributed by atoms with Crippen LogP contribution in [-0.4, -0.2) is 87.4 Å². The number of benzene rings is 4. The number of aliphatic hydroxyl groups is 1. The highest BCUT2D eigenvalue weighted by atomic mass is 19.4. The molecule has 2 fully saturated rings. The number of fused-ring (bicyclic) bond motifs is 1. The molecule has 14 nitrogen and oxygen atoms in total. The van der Waals surface area contributed by atoms with E-state index in [0.29, 0.717) is 85.5 Å². The molecule has 0 bridgehead atoms. The Bertz CT molecular complexity index is 2800. The average Bonchev–Trinajstić information content (AvgIpc) is 4.18. The number of carbonyl (C=O) groups excluding carboxylic acids is 3. The summed E-state index contributed by atoms with van der Waals surface area (Å²) in [4.78, 5) is 55.9. The number of unbranched alkanes of at least 4 members (excludes halogenated alkanes) is 3. The highest BCUT2D eigenvalue weighted by Crippen LogP contribution is 2.39. The predicted octanol–water partition coefficient (Wildman–Crippen LogP) is 6.99. The molecular formula is C49H47F4N7O7. The lowest BCUT2D eigenvalue weighted by Gasteiger charge is -2.35. The molecule has 1 saturated heterocycles. The number of aromatic nitrogens is 2. The summed E-state index contributed by atoms with van der Waals surface area (Å²) in [6.45, 7) is 2.09. The second kappa shape index (κ2) is 20.5. The summed E-state index contributed by atoms with van der Waals surface area (Å²) in [6.07, 6.45) is -1.06. The Kier molecular flexibility index (Phi) is 14.6. The first-order chi connectivity index (χ1) is 32.1. The molecule has 0 spiro atoms. The minimum absolute atomic E-state index is 0.0792. The highest BCUT2D eigenvalue weighted by molar-refractivity contribution is 5.97. The predicted molar refractivity (Wildman–Crippen MR) is 236 cm³/mol. The topological polar surface area (TPSA) is 191 Å². The van der Waals surface area contributed by atoms with Crippen molar-refractivity contribution in [3.8, 4) is 23.6 Å². The van der Waals surface area contributed by atoms with Crippen LogP contribution in [0.1, 0.15) is 83.8 Å². The number of alkyl halides is 3. The Hall–Kier alpha value is -7.31. The van der Waals surface area contributed by atoms with Crippen molar-refractivity contribution >= 4 is 34.2 Å². The number of amides is 3. The maximum absolute atomic E-state index is 15.1. The molecule has 1 aromatic heterocycles. The fraction of sp³-hybridized carbons (Fsp3) is 0.367. The summed E-state index contributed by atoms with van der Waals surface area (Å²) in [5, 5.41) is 37.5. The molecule has 2 heterocycles. The van der Waals surface area contributed by atoms with Crippen molar-refractivity contribution in [2.75, 3.05) is 44.7 Å². The van der Waals surface area contributed by atoms with Gasteiger partial charge in [0.05, 0.1) is 40.4 Å². The van der Waals surface area contributed by atoms with E-state index in [1.807, 2.05) is 6.07 Å². The minimum Gasteiger partial charge on any atom is -0.492 e. The van der Waals surface area contributed by atoms with Crippen LogP contribution in [0.15, 0.2) is 83.7 Å². The number of hydrogen-bond donors (Lipinski definition) is 2. The zero-order valence-electron chi connectivity index (χ0n) is 36.6. The van der Waals surface area contributed by atoms with Crippen LogP contribution >= 0.6 is 0 Å². The number of aryl methyl sites for hydroxylation is 1. The lowest BCUT2D eigenvalue weighted by atomic mass is 10.0. The molecule has 2 N–H and O–H groups in total. The van der Waals surface area contributed by atoms with Crippen LogP contribution in [0, 0.1) is 34.4 Å². The van der Waals surface area contributed by atoms with Gasteiger partial charge in [-0.2, -0.15) is 28.8 Å². The smallest absolute Gasteiger partial charge is 0.417 e. The molecule has 3 amide bonds. The van der Waals surface area contributed by atoms with Gasteiger partial charge in [0.2, 0.25) is 5.91 Å². The van der Waals surface area contributed by atoms with E-state index < -0.39 is 52.9 Å². The number of nitrogens with one attached hydrogen (secondary N) is 1. The Morgan fingerprint density at radius 3 is 2.22 bits per heavy atom. The second-order valence-electron chi connectivity index (χ2n) is 16.8. The first-order valence-electron chi connectivity index (χ1n) is 21.9. The van der Waals surface area contributed by atoms with Gasteiger partial charge in [-0.15, -0.1) is 0 Å². The number of anilines is 1. The van der Waals surface area contributed by atoms with Crippen LogP contribution in [0.5, 0.6) is 11.5 Å².